The van der Waals surface area contributed by atoms with E-state index in [1.165, 1.54) is 16.7 Å². The van der Waals surface area contributed by atoms with Crippen molar-refractivity contribution in [3.8, 4) is 10.6 Å². The van der Waals surface area contributed by atoms with Crippen molar-refractivity contribution in [1.82, 2.24) is 14.9 Å². The van der Waals surface area contributed by atoms with Crippen LogP contribution in [0.1, 0.15) is 35.2 Å². The summed E-state index contributed by atoms with van der Waals surface area (Å²) < 4.78 is 0. The van der Waals surface area contributed by atoms with Crippen LogP contribution in [-0.4, -0.2) is 39.0 Å². The third kappa shape index (κ3) is 3.40. The smallest absolute Gasteiger partial charge is 0.317 e. The number of carbonyl (C=O) groups is 1. The second kappa shape index (κ2) is 7.50. The molecule has 32 heavy (non-hydrogen) atoms. The summed E-state index contributed by atoms with van der Waals surface area (Å²) in [6.45, 7) is 1.56. The van der Waals surface area contributed by atoms with Gasteiger partial charge in [-0.2, -0.15) is 0 Å². The Morgan fingerprint density at radius 1 is 1.03 bits per heavy atom. The molecule has 2 aromatic carbocycles. The number of nitrogens with zero attached hydrogens (tertiary/aromatic N) is 3. The summed E-state index contributed by atoms with van der Waals surface area (Å²) in [5.74, 6) is -0.772. The van der Waals surface area contributed by atoms with Gasteiger partial charge >= 0.3 is 5.97 Å². The summed E-state index contributed by atoms with van der Waals surface area (Å²) in [6, 6.07) is 21.4. The summed E-state index contributed by atoms with van der Waals surface area (Å²) in [7, 11) is 0. The highest BCUT2D eigenvalue weighted by molar-refractivity contribution is 7.21. The lowest BCUT2D eigenvalue weighted by molar-refractivity contribution is -0.138. The molecule has 1 saturated carbocycles. The van der Waals surface area contributed by atoms with Gasteiger partial charge in [-0.25, -0.2) is 9.97 Å². The predicted molar refractivity (Wildman–Crippen MR) is 126 cm³/mol. The molecule has 160 valence electrons. The molecule has 2 aliphatic rings. The molecule has 4 aromatic rings. The number of thiazole rings is 1. The Balaban J connectivity index is 1.30. The monoisotopic (exact) mass is 441 g/mol. The summed E-state index contributed by atoms with van der Waals surface area (Å²) in [5.41, 5.74) is 7.12. The number of benzene rings is 2. The fourth-order valence-electron chi connectivity index (χ4n) is 4.85. The fourth-order valence-corrected chi connectivity index (χ4v) is 5.79. The number of aliphatic carboxylic acids is 1. The molecule has 0 saturated heterocycles. The van der Waals surface area contributed by atoms with Crippen LogP contribution in [0.4, 0.5) is 0 Å². The second-order valence-electron chi connectivity index (χ2n) is 8.83. The quantitative estimate of drug-likeness (QED) is 0.478. The molecule has 0 spiro atoms. The normalized spacial score (nSPS) is 17.2. The lowest BCUT2D eigenvalue weighted by Gasteiger charge is -2.27. The lowest BCUT2D eigenvalue weighted by atomic mass is 9.92. The van der Waals surface area contributed by atoms with E-state index in [0.717, 1.165) is 52.4 Å². The molecule has 0 bridgehead atoms. The lowest BCUT2D eigenvalue weighted by Crippen LogP contribution is -2.34. The minimum atomic E-state index is -0.772. The number of fused-ring (bicyclic) bond motifs is 2. The first-order chi connectivity index (χ1) is 15.6. The van der Waals surface area contributed by atoms with Crippen LogP contribution in [0.15, 0.2) is 60.7 Å². The average molecular weight is 442 g/mol. The van der Waals surface area contributed by atoms with Gasteiger partial charge in [0.2, 0.25) is 0 Å². The number of carboxylic acids is 1. The predicted octanol–water partition coefficient (Wildman–Crippen LogP) is 4.88. The van der Waals surface area contributed by atoms with Gasteiger partial charge in [0.25, 0.3) is 0 Å². The maximum atomic E-state index is 11.0. The zero-order chi connectivity index (χ0) is 21.7. The number of hydrogen-bond donors (Lipinski definition) is 1. The Labute approximate surface area is 190 Å². The summed E-state index contributed by atoms with van der Waals surface area (Å²) >= 11 is 1.65. The maximum absolute atomic E-state index is 11.0. The number of pyridine rings is 1. The van der Waals surface area contributed by atoms with Crippen molar-refractivity contribution in [2.24, 2.45) is 0 Å². The molecule has 6 rings (SSSR count). The van der Waals surface area contributed by atoms with Crippen molar-refractivity contribution in [1.29, 1.82) is 0 Å². The molecule has 2 aromatic heterocycles. The Morgan fingerprint density at radius 2 is 1.88 bits per heavy atom. The van der Waals surface area contributed by atoms with E-state index in [9.17, 15) is 4.79 Å². The van der Waals surface area contributed by atoms with Gasteiger partial charge < -0.3 is 5.11 Å². The topological polar surface area (TPSA) is 66.3 Å². The number of aromatic nitrogens is 2. The van der Waals surface area contributed by atoms with Gasteiger partial charge in [0, 0.05) is 24.1 Å². The van der Waals surface area contributed by atoms with E-state index in [4.69, 9.17) is 15.1 Å². The largest absolute Gasteiger partial charge is 0.480 e. The molecule has 6 heteroatoms. The van der Waals surface area contributed by atoms with Gasteiger partial charge in [-0.05, 0) is 54.2 Å². The van der Waals surface area contributed by atoms with Crippen LogP contribution in [-0.2, 0) is 23.2 Å². The molecule has 3 heterocycles. The molecule has 1 fully saturated rings. The van der Waals surface area contributed by atoms with Crippen LogP contribution < -0.4 is 0 Å². The van der Waals surface area contributed by atoms with Gasteiger partial charge in [-0.3, -0.25) is 9.69 Å². The zero-order valence-corrected chi connectivity index (χ0v) is 18.4. The van der Waals surface area contributed by atoms with E-state index >= 15 is 0 Å². The molecule has 0 radical (unpaired) electrons. The first-order valence-electron chi connectivity index (χ1n) is 11.0. The van der Waals surface area contributed by atoms with Crippen molar-refractivity contribution < 1.29 is 9.90 Å². The van der Waals surface area contributed by atoms with Crippen molar-refractivity contribution in [3.63, 3.8) is 0 Å². The van der Waals surface area contributed by atoms with Crippen LogP contribution in [0.2, 0.25) is 0 Å². The molecule has 1 N–H and O–H groups in total. The van der Waals surface area contributed by atoms with Gasteiger partial charge in [0.15, 0.2) is 0 Å². The molecule has 1 aliphatic carbocycles. The summed E-state index contributed by atoms with van der Waals surface area (Å²) in [5, 5.41) is 10.1. The van der Waals surface area contributed by atoms with E-state index in [1.807, 2.05) is 4.90 Å². The highest BCUT2D eigenvalue weighted by atomic mass is 32.1. The van der Waals surface area contributed by atoms with Crippen molar-refractivity contribution in [3.05, 3.63) is 83.0 Å². The first-order valence-corrected chi connectivity index (χ1v) is 11.8. The fraction of sp³-hybridized carbons (Fsp3) is 0.269. The minimum Gasteiger partial charge on any atom is -0.480 e. The van der Waals surface area contributed by atoms with E-state index in [2.05, 4.69) is 60.7 Å². The molecule has 0 atom stereocenters. The first kappa shape index (κ1) is 19.6. The molecular weight excluding hydrogens is 418 g/mol. The van der Waals surface area contributed by atoms with Gasteiger partial charge in [0.1, 0.15) is 15.4 Å². The Bertz CT molecular complexity index is 1330. The highest BCUT2D eigenvalue weighted by Gasteiger charge is 2.47. The average Bonchev–Trinajstić information content (AvgIpc) is 3.51. The standard InChI is InChI=1S/C26H23N3O2S/c30-23(31)16-29-13-10-17-14-18(6-7-19(17)15-29)24-27-21-8-9-22(28-25(21)32-24)26(11-12-26)20-4-2-1-3-5-20/h1-9,14H,10-13,15-16H2,(H,30,31). The number of rotatable bonds is 5. The second-order valence-corrected chi connectivity index (χ2v) is 9.80. The van der Waals surface area contributed by atoms with Crippen LogP contribution in [0.25, 0.3) is 20.9 Å². The molecule has 5 nitrogen and oxygen atoms in total. The van der Waals surface area contributed by atoms with E-state index in [-0.39, 0.29) is 12.0 Å². The van der Waals surface area contributed by atoms with Gasteiger partial charge in [-0.1, -0.05) is 53.8 Å². The number of carboxylic acid groups (broad SMARTS) is 1. The minimum absolute atomic E-state index is 0.0627. The SMILES string of the molecule is O=C(O)CN1CCc2cc(-c3nc4ccc(C5(c6ccccc6)CC5)nc4s3)ccc2C1. The summed E-state index contributed by atoms with van der Waals surface area (Å²) in [6.07, 6.45) is 3.15. The van der Waals surface area contributed by atoms with Gasteiger partial charge in [0.05, 0.1) is 12.2 Å². The van der Waals surface area contributed by atoms with E-state index < -0.39 is 5.97 Å². The Hall–Kier alpha value is -3.09. The third-order valence-electron chi connectivity index (χ3n) is 6.73. The van der Waals surface area contributed by atoms with Crippen molar-refractivity contribution in [2.45, 2.75) is 31.2 Å². The molecular formula is C26H23N3O2S. The highest BCUT2D eigenvalue weighted by Crippen LogP contribution is 2.53. The van der Waals surface area contributed by atoms with Crippen LogP contribution >= 0.6 is 11.3 Å². The van der Waals surface area contributed by atoms with E-state index in [0.29, 0.717) is 6.54 Å². The Morgan fingerprint density at radius 3 is 2.66 bits per heavy atom. The van der Waals surface area contributed by atoms with Crippen molar-refractivity contribution >= 4 is 27.7 Å². The van der Waals surface area contributed by atoms with Crippen LogP contribution in [0.3, 0.4) is 0 Å². The summed E-state index contributed by atoms with van der Waals surface area (Å²) in [4.78, 5) is 23.9. The number of hydrogen-bond acceptors (Lipinski definition) is 5. The van der Waals surface area contributed by atoms with Crippen LogP contribution in [0.5, 0.6) is 0 Å². The molecule has 1 aliphatic heterocycles. The Kier molecular flexibility index (Phi) is 4.59. The van der Waals surface area contributed by atoms with E-state index in [1.54, 1.807) is 11.3 Å². The molecule has 0 amide bonds. The molecule has 0 unspecified atom stereocenters. The zero-order valence-electron chi connectivity index (χ0n) is 17.6. The maximum Gasteiger partial charge on any atom is 0.317 e. The van der Waals surface area contributed by atoms with Crippen molar-refractivity contribution in [2.75, 3.05) is 13.1 Å². The van der Waals surface area contributed by atoms with Crippen LogP contribution in [0, 0.1) is 0 Å². The third-order valence-corrected chi connectivity index (χ3v) is 7.74. The van der Waals surface area contributed by atoms with Gasteiger partial charge in [-0.15, -0.1) is 0 Å².